The molecule has 0 atom stereocenters. The number of imidazole rings is 1. The maximum absolute atomic E-state index is 12.3. The number of aromatic nitrogens is 2. The molecule has 0 radical (unpaired) electrons. The summed E-state index contributed by atoms with van der Waals surface area (Å²) in [6.45, 7) is 1.96. The molecule has 0 saturated carbocycles. The van der Waals surface area contributed by atoms with E-state index in [2.05, 4.69) is 20.4 Å². The molecule has 2 N–H and O–H groups in total. The maximum Gasteiger partial charge on any atom is 0.405 e. The van der Waals surface area contributed by atoms with E-state index in [0.29, 0.717) is 16.9 Å². The molecule has 0 bridgehead atoms. The minimum Gasteiger partial charge on any atom is -0.395 e. The number of pyridine rings is 1. The van der Waals surface area contributed by atoms with Crippen molar-refractivity contribution < 1.29 is 27.6 Å². The first-order chi connectivity index (χ1) is 18.2. The zero-order valence-corrected chi connectivity index (χ0v) is 20.7. The predicted octanol–water partition coefficient (Wildman–Crippen LogP) is 3.20. The number of alkyl halides is 3. The average molecular weight is 532 g/mol. The Labute approximate surface area is 217 Å². The van der Waals surface area contributed by atoms with Crippen molar-refractivity contribution in [3.8, 4) is 11.3 Å². The summed E-state index contributed by atoms with van der Waals surface area (Å²) < 4.78 is 38.7. The Balaban J connectivity index is 1.32. The number of hydrogen-bond donors (Lipinski definition) is 2. The van der Waals surface area contributed by atoms with Crippen molar-refractivity contribution in [2.75, 3.05) is 51.7 Å². The third-order valence-corrected chi connectivity index (χ3v) is 5.94. The number of urea groups is 1. The Kier molecular flexibility index (Phi) is 8.46. The monoisotopic (exact) mass is 531 g/mol. The second-order valence-electron chi connectivity index (χ2n) is 8.84. The van der Waals surface area contributed by atoms with Gasteiger partial charge in [0.15, 0.2) is 0 Å². The second-order valence-corrected chi connectivity index (χ2v) is 8.84. The minimum absolute atomic E-state index is 0.0563. The van der Waals surface area contributed by atoms with Crippen LogP contribution in [-0.4, -0.2) is 89.9 Å². The molecular formula is C25H28F3N7O3. The largest absolute Gasteiger partial charge is 0.405 e. The number of anilines is 1. The highest BCUT2D eigenvalue weighted by Gasteiger charge is 2.27. The fourth-order valence-electron chi connectivity index (χ4n) is 3.90. The molecule has 3 aromatic rings. The number of halogens is 3. The van der Waals surface area contributed by atoms with E-state index in [1.807, 2.05) is 22.4 Å². The second kappa shape index (κ2) is 11.9. The van der Waals surface area contributed by atoms with Gasteiger partial charge in [-0.15, -0.1) is 0 Å². The topological polar surface area (TPSA) is 104 Å². The number of nitrogens with zero attached hydrogens (tertiary/aromatic N) is 5. The molecule has 4 rings (SSSR count). The van der Waals surface area contributed by atoms with Gasteiger partial charge in [0.1, 0.15) is 18.8 Å². The fourth-order valence-corrected chi connectivity index (χ4v) is 3.90. The molecule has 10 nitrogen and oxygen atoms in total. The van der Waals surface area contributed by atoms with Gasteiger partial charge in [0.05, 0.1) is 24.5 Å². The lowest BCUT2D eigenvalue weighted by Crippen LogP contribution is -2.47. The van der Waals surface area contributed by atoms with Crippen molar-refractivity contribution >= 4 is 29.5 Å². The lowest BCUT2D eigenvalue weighted by Gasteiger charge is -2.32. The van der Waals surface area contributed by atoms with Crippen LogP contribution in [-0.2, 0) is 9.63 Å². The Morgan fingerprint density at radius 3 is 2.71 bits per heavy atom. The van der Waals surface area contributed by atoms with Crippen molar-refractivity contribution in [3.63, 3.8) is 0 Å². The van der Waals surface area contributed by atoms with Gasteiger partial charge in [-0.05, 0) is 31.3 Å². The number of fused-ring (bicyclic) bond motifs is 1. The van der Waals surface area contributed by atoms with Crippen LogP contribution >= 0.6 is 0 Å². The van der Waals surface area contributed by atoms with Gasteiger partial charge >= 0.3 is 12.2 Å². The van der Waals surface area contributed by atoms with Crippen molar-refractivity contribution in [2.24, 2.45) is 5.16 Å². The summed E-state index contributed by atoms with van der Waals surface area (Å²) in [6, 6.07) is 9.37. The van der Waals surface area contributed by atoms with E-state index in [9.17, 15) is 22.8 Å². The van der Waals surface area contributed by atoms with E-state index in [1.54, 1.807) is 54.3 Å². The molecule has 1 fully saturated rings. The lowest BCUT2D eigenvalue weighted by atomic mass is 10.1. The number of amides is 3. The molecule has 3 amide bonds. The number of carbonyl (C=O) groups excluding carboxylic acids is 2. The van der Waals surface area contributed by atoms with E-state index >= 15 is 0 Å². The summed E-state index contributed by atoms with van der Waals surface area (Å²) >= 11 is 0. The van der Waals surface area contributed by atoms with Crippen LogP contribution in [0.3, 0.4) is 0 Å². The summed E-state index contributed by atoms with van der Waals surface area (Å²) in [5.41, 5.74) is 3.15. The number of nitrogens with one attached hydrogen (secondary N) is 2. The standard InChI is InChI=1S/C25H28F3N7O3/c1-33-8-10-34(11-9-33)23(36)6-12-38-31-15-18-5-7-35-21(16-29-22(35)13-18)19-3-2-4-20(14-19)32-24(37)30-17-25(26,27)28/h2-5,7,13-16H,6,8-12,17H2,1H3,(H2,30,32,37). The highest BCUT2D eigenvalue weighted by molar-refractivity contribution is 5.90. The smallest absolute Gasteiger partial charge is 0.395 e. The number of piperazine rings is 1. The maximum atomic E-state index is 12.3. The van der Waals surface area contributed by atoms with Gasteiger partial charge in [-0.1, -0.05) is 17.3 Å². The Morgan fingerprint density at radius 2 is 1.95 bits per heavy atom. The van der Waals surface area contributed by atoms with Gasteiger partial charge in [0, 0.05) is 49.2 Å². The number of likely N-dealkylation sites (N-methyl/N-ethyl adjacent to an activating group) is 1. The molecule has 1 aliphatic rings. The zero-order chi connectivity index (χ0) is 27.1. The minimum atomic E-state index is -4.49. The highest BCUT2D eigenvalue weighted by Crippen LogP contribution is 2.24. The molecule has 2 aromatic heterocycles. The average Bonchev–Trinajstić information content (AvgIpc) is 3.31. The third-order valence-electron chi connectivity index (χ3n) is 5.94. The van der Waals surface area contributed by atoms with Gasteiger partial charge in [0.2, 0.25) is 5.91 Å². The Morgan fingerprint density at radius 1 is 1.16 bits per heavy atom. The van der Waals surface area contributed by atoms with Gasteiger partial charge in [-0.3, -0.25) is 9.20 Å². The predicted molar refractivity (Wildman–Crippen MR) is 136 cm³/mol. The third kappa shape index (κ3) is 7.44. The summed E-state index contributed by atoms with van der Waals surface area (Å²) in [6.07, 6.45) is 0.765. The molecule has 0 spiro atoms. The Hall–Kier alpha value is -4.13. The molecule has 0 unspecified atom stereocenters. The summed E-state index contributed by atoms with van der Waals surface area (Å²) in [5.74, 6) is 0.0563. The summed E-state index contributed by atoms with van der Waals surface area (Å²) in [7, 11) is 2.03. The molecule has 3 heterocycles. The SMILES string of the molecule is CN1CCN(C(=O)CCON=Cc2ccn3c(-c4cccc(NC(=O)NCC(F)(F)F)c4)cnc3c2)CC1. The van der Waals surface area contributed by atoms with Crippen LogP contribution in [0, 0.1) is 0 Å². The number of rotatable bonds is 8. The van der Waals surface area contributed by atoms with Gasteiger partial charge in [-0.2, -0.15) is 13.2 Å². The molecular weight excluding hydrogens is 503 g/mol. The van der Waals surface area contributed by atoms with E-state index < -0.39 is 18.8 Å². The summed E-state index contributed by atoms with van der Waals surface area (Å²) in [5, 5.41) is 8.12. The first-order valence-electron chi connectivity index (χ1n) is 12.0. The first-order valence-corrected chi connectivity index (χ1v) is 12.0. The van der Waals surface area contributed by atoms with E-state index in [1.165, 1.54) is 0 Å². The molecule has 1 aromatic carbocycles. The van der Waals surface area contributed by atoms with Crippen LogP contribution in [0.25, 0.3) is 16.9 Å². The van der Waals surface area contributed by atoms with E-state index in [0.717, 1.165) is 37.4 Å². The van der Waals surface area contributed by atoms with Crippen LogP contribution in [0.5, 0.6) is 0 Å². The van der Waals surface area contributed by atoms with Crippen LogP contribution < -0.4 is 10.6 Å². The van der Waals surface area contributed by atoms with Gasteiger partial charge in [0.25, 0.3) is 0 Å². The normalized spacial score (nSPS) is 14.7. The zero-order valence-electron chi connectivity index (χ0n) is 20.7. The molecule has 1 saturated heterocycles. The highest BCUT2D eigenvalue weighted by atomic mass is 19.4. The fraction of sp³-hybridized carbons (Fsp3) is 0.360. The number of oxime groups is 1. The van der Waals surface area contributed by atoms with Crippen LogP contribution in [0.15, 0.2) is 53.9 Å². The number of carbonyl (C=O) groups is 2. The quantitative estimate of drug-likeness (QED) is 0.264. The molecule has 0 aliphatic carbocycles. The lowest BCUT2D eigenvalue weighted by molar-refractivity contribution is -0.133. The number of benzene rings is 1. The van der Waals surface area contributed by atoms with E-state index in [-0.39, 0.29) is 18.9 Å². The molecule has 1 aliphatic heterocycles. The van der Waals surface area contributed by atoms with Crippen LogP contribution in [0.2, 0.25) is 0 Å². The van der Waals surface area contributed by atoms with Crippen LogP contribution in [0.4, 0.5) is 23.7 Å². The van der Waals surface area contributed by atoms with Crippen molar-refractivity contribution in [1.82, 2.24) is 24.5 Å². The van der Waals surface area contributed by atoms with Crippen LogP contribution in [0.1, 0.15) is 12.0 Å². The first kappa shape index (κ1) is 26.9. The number of hydrogen-bond acceptors (Lipinski definition) is 6. The van der Waals surface area contributed by atoms with Crippen molar-refractivity contribution in [2.45, 2.75) is 12.6 Å². The van der Waals surface area contributed by atoms with E-state index in [4.69, 9.17) is 4.84 Å². The van der Waals surface area contributed by atoms with Gasteiger partial charge in [-0.25, -0.2) is 9.78 Å². The molecule has 202 valence electrons. The Bertz CT molecular complexity index is 1300. The van der Waals surface area contributed by atoms with Crippen molar-refractivity contribution in [3.05, 3.63) is 54.4 Å². The summed E-state index contributed by atoms with van der Waals surface area (Å²) in [4.78, 5) is 37.7. The van der Waals surface area contributed by atoms with Gasteiger partial charge < -0.3 is 25.3 Å². The molecule has 13 heteroatoms. The molecule has 38 heavy (non-hydrogen) atoms. The van der Waals surface area contributed by atoms with Crippen molar-refractivity contribution in [1.29, 1.82) is 0 Å².